The van der Waals surface area contributed by atoms with Crippen LogP contribution in [0.1, 0.15) is 40.8 Å². The van der Waals surface area contributed by atoms with E-state index in [9.17, 15) is 14.7 Å². The highest BCUT2D eigenvalue weighted by molar-refractivity contribution is 7.22. The van der Waals surface area contributed by atoms with Gasteiger partial charge in [0.1, 0.15) is 23.4 Å². The van der Waals surface area contributed by atoms with E-state index in [1.807, 2.05) is 39.0 Å². The Morgan fingerprint density at radius 2 is 1.87 bits per heavy atom. The van der Waals surface area contributed by atoms with Gasteiger partial charge in [0, 0.05) is 12.0 Å². The number of Topliss-reactive ketones (excluding diaryl/α,β-unsaturated/α-hetero) is 1. The number of aliphatic hydroxyl groups is 1. The normalized spacial score (nSPS) is 20.2. The lowest BCUT2D eigenvalue weighted by Crippen LogP contribution is -2.29. The summed E-state index contributed by atoms with van der Waals surface area (Å²) in [6, 6.07) is 15.7. The van der Waals surface area contributed by atoms with Gasteiger partial charge in [-0.3, -0.25) is 14.5 Å². The summed E-state index contributed by atoms with van der Waals surface area (Å²) in [4.78, 5) is 33.3. The molecule has 2 aliphatic heterocycles. The minimum atomic E-state index is -0.855. The highest BCUT2D eigenvalue weighted by Gasteiger charge is 2.48. The molecule has 1 fully saturated rings. The molecule has 1 aromatic heterocycles. The van der Waals surface area contributed by atoms with Crippen molar-refractivity contribution in [3.8, 4) is 11.5 Å². The Hall–Kier alpha value is -4.17. The van der Waals surface area contributed by atoms with Crippen molar-refractivity contribution in [3.63, 3.8) is 0 Å². The number of thiazole rings is 1. The van der Waals surface area contributed by atoms with Gasteiger partial charge in [-0.05, 0) is 79.4 Å². The maximum Gasteiger partial charge on any atom is 0.301 e. The van der Waals surface area contributed by atoms with E-state index in [1.165, 1.54) is 16.2 Å². The van der Waals surface area contributed by atoms with Crippen LogP contribution in [0.4, 0.5) is 5.13 Å². The lowest BCUT2D eigenvalue weighted by atomic mass is 9.94. The van der Waals surface area contributed by atoms with Crippen LogP contribution in [0.25, 0.3) is 16.0 Å². The van der Waals surface area contributed by atoms with Gasteiger partial charge >= 0.3 is 5.91 Å². The summed E-state index contributed by atoms with van der Waals surface area (Å²) < 4.78 is 12.0. The van der Waals surface area contributed by atoms with Gasteiger partial charge in [-0.25, -0.2) is 4.98 Å². The van der Waals surface area contributed by atoms with Gasteiger partial charge in [-0.1, -0.05) is 29.5 Å². The third-order valence-electron chi connectivity index (χ3n) is 7.07. The summed E-state index contributed by atoms with van der Waals surface area (Å²) >= 11 is 1.36. The Kier molecular flexibility index (Phi) is 5.72. The number of fused-ring (bicyclic) bond motifs is 2. The van der Waals surface area contributed by atoms with Gasteiger partial charge < -0.3 is 14.6 Å². The molecule has 2 atom stereocenters. The van der Waals surface area contributed by atoms with Crippen molar-refractivity contribution in [1.29, 1.82) is 0 Å². The fourth-order valence-corrected chi connectivity index (χ4v) is 6.49. The van der Waals surface area contributed by atoms with Gasteiger partial charge in [0.05, 0.1) is 28.9 Å². The second-order valence-electron chi connectivity index (χ2n) is 9.82. The molecule has 1 saturated heterocycles. The molecule has 3 heterocycles. The van der Waals surface area contributed by atoms with Gasteiger partial charge in [0.2, 0.25) is 0 Å². The van der Waals surface area contributed by atoms with Gasteiger partial charge in [0.15, 0.2) is 5.13 Å². The molecule has 0 radical (unpaired) electrons. The van der Waals surface area contributed by atoms with Crippen molar-refractivity contribution in [2.45, 2.75) is 39.3 Å². The number of nitrogens with zero attached hydrogens (tertiary/aromatic N) is 2. The number of aromatic nitrogens is 1. The molecule has 7 nitrogen and oxygen atoms in total. The Bertz CT molecular complexity index is 1650. The fraction of sp³-hybridized carbons (Fsp3) is 0.233. The summed E-state index contributed by atoms with van der Waals surface area (Å²) in [6.07, 6.45) is 0.746. The molecule has 0 spiro atoms. The van der Waals surface area contributed by atoms with E-state index in [-0.39, 0.29) is 17.4 Å². The molecule has 1 N–H and O–H groups in total. The molecule has 3 aromatic carbocycles. The first-order valence-corrected chi connectivity index (χ1v) is 13.2. The van der Waals surface area contributed by atoms with Gasteiger partial charge in [0.25, 0.3) is 5.78 Å². The molecule has 0 unspecified atom stereocenters. The number of aryl methyl sites for hydroxylation is 2. The van der Waals surface area contributed by atoms with Crippen LogP contribution in [0, 0.1) is 13.8 Å². The molecular weight excluding hydrogens is 500 g/mol. The summed E-state index contributed by atoms with van der Waals surface area (Å²) in [5.41, 5.74) is 4.99. The first-order valence-electron chi connectivity index (χ1n) is 12.4. The number of hydrogen-bond acceptors (Lipinski definition) is 7. The highest BCUT2D eigenvalue weighted by atomic mass is 32.1. The topological polar surface area (TPSA) is 89.0 Å². The second kappa shape index (κ2) is 8.99. The Labute approximate surface area is 224 Å². The molecule has 0 aliphatic carbocycles. The summed E-state index contributed by atoms with van der Waals surface area (Å²) in [7, 11) is 1.57. The molecule has 6 rings (SSSR count). The number of anilines is 1. The standard InChI is InChI=1S/C30H26N2O5S/c1-15-11-16(2)25-23(12-15)38-30(31-25)32-26(18-5-8-21(36-4)9-6-18)24(28(34)29(32)35)27(33)19-7-10-22-20(14-19)13-17(3)37-22/h5-12,14,17,26,33H,13H2,1-4H3/b27-24+/t17-,26+/m1/s1. The zero-order valence-electron chi connectivity index (χ0n) is 21.4. The average Bonchev–Trinajstić information content (AvgIpc) is 3.56. The number of methoxy groups -OCH3 is 1. The van der Waals surface area contributed by atoms with E-state index in [2.05, 4.69) is 0 Å². The third kappa shape index (κ3) is 3.83. The molecule has 0 saturated carbocycles. The number of aliphatic hydroxyl groups excluding tert-OH is 1. The minimum absolute atomic E-state index is 0.0271. The Morgan fingerprint density at radius 1 is 1.11 bits per heavy atom. The quantitative estimate of drug-likeness (QED) is 0.203. The van der Waals surface area contributed by atoms with E-state index in [0.717, 1.165) is 32.7 Å². The molecule has 4 aromatic rings. The van der Waals surface area contributed by atoms with Crippen molar-refractivity contribution in [2.24, 2.45) is 0 Å². The monoisotopic (exact) mass is 526 g/mol. The van der Waals surface area contributed by atoms with Gasteiger partial charge in [-0.15, -0.1) is 0 Å². The number of rotatable bonds is 4. The van der Waals surface area contributed by atoms with Crippen LogP contribution in [-0.4, -0.2) is 35.0 Å². The van der Waals surface area contributed by atoms with Crippen LogP contribution < -0.4 is 14.4 Å². The molecule has 1 amide bonds. The number of hydrogen-bond donors (Lipinski definition) is 1. The zero-order chi connectivity index (χ0) is 26.7. The van der Waals surface area contributed by atoms with E-state index in [0.29, 0.717) is 28.4 Å². The third-order valence-corrected chi connectivity index (χ3v) is 8.07. The van der Waals surface area contributed by atoms with Crippen LogP contribution >= 0.6 is 11.3 Å². The lowest BCUT2D eigenvalue weighted by Gasteiger charge is -2.23. The first-order chi connectivity index (χ1) is 18.2. The number of amides is 1. The van der Waals surface area contributed by atoms with E-state index >= 15 is 0 Å². The predicted octanol–water partition coefficient (Wildman–Crippen LogP) is 5.87. The van der Waals surface area contributed by atoms with Crippen LogP contribution in [0.5, 0.6) is 11.5 Å². The largest absolute Gasteiger partial charge is 0.507 e. The van der Waals surface area contributed by atoms with Crippen LogP contribution in [-0.2, 0) is 16.0 Å². The maximum atomic E-state index is 13.6. The first kappa shape index (κ1) is 24.2. The Morgan fingerprint density at radius 3 is 2.61 bits per heavy atom. The van der Waals surface area contributed by atoms with E-state index < -0.39 is 17.7 Å². The van der Waals surface area contributed by atoms with E-state index in [4.69, 9.17) is 14.5 Å². The molecule has 192 valence electrons. The van der Waals surface area contributed by atoms with Crippen molar-refractivity contribution in [1.82, 2.24) is 4.98 Å². The maximum absolute atomic E-state index is 13.6. The van der Waals surface area contributed by atoms with Crippen LogP contribution in [0.15, 0.2) is 60.2 Å². The molecular formula is C30H26N2O5S. The lowest BCUT2D eigenvalue weighted by molar-refractivity contribution is -0.132. The van der Waals surface area contributed by atoms with Crippen molar-refractivity contribution in [2.75, 3.05) is 12.0 Å². The number of carbonyl (C=O) groups excluding carboxylic acids is 2. The van der Waals surface area contributed by atoms with Gasteiger partial charge in [-0.2, -0.15) is 0 Å². The zero-order valence-corrected chi connectivity index (χ0v) is 22.3. The number of ketones is 1. The smallest absolute Gasteiger partial charge is 0.301 e. The fourth-order valence-electron chi connectivity index (χ4n) is 5.32. The predicted molar refractivity (Wildman–Crippen MR) is 147 cm³/mol. The summed E-state index contributed by atoms with van der Waals surface area (Å²) in [5, 5.41) is 11.9. The van der Waals surface area contributed by atoms with Crippen molar-refractivity contribution >= 4 is 44.1 Å². The summed E-state index contributed by atoms with van der Waals surface area (Å²) in [6.45, 7) is 5.97. The molecule has 8 heteroatoms. The minimum Gasteiger partial charge on any atom is -0.507 e. The Balaban J connectivity index is 1.54. The second-order valence-corrected chi connectivity index (χ2v) is 10.8. The van der Waals surface area contributed by atoms with Crippen LogP contribution in [0.2, 0.25) is 0 Å². The van der Waals surface area contributed by atoms with Crippen molar-refractivity contribution in [3.05, 3.63) is 88.0 Å². The highest BCUT2D eigenvalue weighted by Crippen LogP contribution is 2.45. The molecule has 2 aliphatic rings. The number of benzene rings is 3. The average molecular weight is 527 g/mol. The number of carbonyl (C=O) groups is 2. The van der Waals surface area contributed by atoms with E-state index in [1.54, 1.807) is 43.5 Å². The van der Waals surface area contributed by atoms with Crippen LogP contribution in [0.3, 0.4) is 0 Å². The SMILES string of the molecule is COc1ccc([C@H]2/C(=C(\O)c3ccc4c(c3)C[C@@H](C)O4)C(=O)C(=O)N2c2nc3c(C)cc(C)cc3s2)cc1. The molecule has 0 bridgehead atoms. The number of ether oxygens (including phenoxy) is 2. The van der Waals surface area contributed by atoms with Crippen molar-refractivity contribution < 1.29 is 24.2 Å². The summed E-state index contributed by atoms with van der Waals surface area (Å²) in [5.74, 6) is -0.285. The molecule has 38 heavy (non-hydrogen) atoms.